The lowest BCUT2D eigenvalue weighted by atomic mass is 9.95. The van der Waals surface area contributed by atoms with E-state index in [2.05, 4.69) is 10.2 Å². The maximum Gasteiger partial charge on any atom is 0.286 e. The molecule has 0 atom stereocenters. The number of para-hydroxylation sites is 1. The number of thiophene rings is 1. The number of carbonyl (C=O) groups excluding carboxylic acids is 2. The van der Waals surface area contributed by atoms with Gasteiger partial charge in [0, 0.05) is 4.88 Å². The lowest BCUT2D eigenvalue weighted by Gasteiger charge is -2.14. The second-order valence-corrected chi connectivity index (χ2v) is 8.74. The van der Waals surface area contributed by atoms with Crippen LogP contribution in [0.25, 0.3) is 5.69 Å². The third-order valence-corrected chi connectivity index (χ3v) is 6.75. The Labute approximate surface area is 188 Å². The maximum atomic E-state index is 13.3. The smallest absolute Gasteiger partial charge is 0.286 e. The number of azo groups is 1. The first-order valence-corrected chi connectivity index (χ1v) is 11.0. The molecule has 0 unspecified atom stereocenters. The number of rotatable bonds is 5. The summed E-state index contributed by atoms with van der Waals surface area (Å²) in [4.78, 5) is 38.7. The van der Waals surface area contributed by atoms with Gasteiger partial charge in [0.25, 0.3) is 11.5 Å². The second-order valence-electron chi connectivity index (χ2n) is 7.66. The van der Waals surface area contributed by atoms with E-state index < -0.39 is 23.1 Å². The normalized spacial score (nSPS) is 13.3. The Kier molecular flexibility index (Phi) is 5.75. The molecule has 1 aliphatic rings. The van der Waals surface area contributed by atoms with Crippen LogP contribution < -0.4 is 11.3 Å². The van der Waals surface area contributed by atoms with Crippen molar-refractivity contribution in [1.29, 1.82) is 0 Å². The number of aryl methyl sites for hydroxylation is 1. The summed E-state index contributed by atoms with van der Waals surface area (Å²) in [7, 11) is 0. The molecule has 0 saturated heterocycles. The molecule has 3 aromatic rings. The van der Waals surface area contributed by atoms with E-state index in [1.807, 2.05) is 0 Å². The molecular weight excluding hydrogens is 428 g/mol. The Morgan fingerprint density at radius 3 is 2.44 bits per heavy atom. The molecule has 0 radical (unpaired) electrons. The summed E-state index contributed by atoms with van der Waals surface area (Å²) in [5.74, 6) is -1.44. The Morgan fingerprint density at radius 2 is 1.78 bits per heavy atom. The molecule has 0 saturated carbocycles. The molecule has 1 aliphatic carbocycles. The van der Waals surface area contributed by atoms with Gasteiger partial charge in [-0.25, -0.2) is 4.57 Å². The summed E-state index contributed by atoms with van der Waals surface area (Å²) in [5, 5.41) is 19.5. The lowest BCUT2D eigenvalue weighted by molar-refractivity contribution is 0.0995. The predicted molar refractivity (Wildman–Crippen MR) is 122 cm³/mol. The SMILES string of the molecule is CC(=O)c1c(C)c(N=Nc2sc3c(c2C(N)=O)CCCC3)c(=O)n(-c2ccccc2)c1O. The van der Waals surface area contributed by atoms with Gasteiger partial charge in [-0.15, -0.1) is 21.6 Å². The summed E-state index contributed by atoms with van der Waals surface area (Å²) >= 11 is 1.35. The molecule has 1 amide bonds. The minimum absolute atomic E-state index is 0.0111. The first kappa shape index (κ1) is 21.6. The van der Waals surface area contributed by atoms with E-state index in [9.17, 15) is 19.5 Å². The molecule has 2 aromatic heterocycles. The molecule has 8 nitrogen and oxygen atoms in total. The number of nitrogens with two attached hydrogens (primary N) is 1. The van der Waals surface area contributed by atoms with E-state index in [1.165, 1.54) is 25.2 Å². The number of aromatic hydroxyl groups is 1. The minimum Gasteiger partial charge on any atom is -0.494 e. The van der Waals surface area contributed by atoms with Crippen molar-refractivity contribution in [2.45, 2.75) is 39.5 Å². The highest BCUT2D eigenvalue weighted by Crippen LogP contribution is 2.40. The number of nitrogens with zero attached hydrogens (tertiary/aromatic N) is 3. The van der Waals surface area contributed by atoms with Gasteiger partial charge < -0.3 is 10.8 Å². The zero-order valence-corrected chi connectivity index (χ0v) is 18.5. The molecule has 4 rings (SSSR count). The van der Waals surface area contributed by atoms with Crippen molar-refractivity contribution < 1.29 is 14.7 Å². The zero-order valence-electron chi connectivity index (χ0n) is 17.7. The highest BCUT2D eigenvalue weighted by atomic mass is 32.1. The number of fused-ring (bicyclic) bond motifs is 1. The minimum atomic E-state index is -0.623. The molecule has 2 heterocycles. The molecule has 0 spiro atoms. The average Bonchev–Trinajstić information content (AvgIpc) is 3.12. The van der Waals surface area contributed by atoms with Crippen LogP contribution in [0.15, 0.2) is 45.4 Å². The number of hydrogen-bond donors (Lipinski definition) is 2. The Balaban J connectivity index is 1.92. The lowest BCUT2D eigenvalue weighted by Crippen LogP contribution is -2.21. The molecule has 164 valence electrons. The third kappa shape index (κ3) is 3.64. The Hall–Kier alpha value is -3.59. The number of hydrogen-bond acceptors (Lipinski definition) is 7. The molecule has 0 bridgehead atoms. The topological polar surface area (TPSA) is 127 Å². The van der Waals surface area contributed by atoms with Gasteiger partial charge in [-0.2, -0.15) is 0 Å². The van der Waals surface area contributed by atoms with E-state index in [1.54, 1.807) is 30.3 Å². The summed E-state index contributed by atoms with van der Waals surface area (Å²) < 4.78 is 1.03. The molecule has 32 heavy (non-hydrogen) atoms. The number of amides is 1. The third-order valence-electron chi connectivity index (χ3n) is 5.58. The van der Waals surface area contributed by atoms with E-state index in [0.717, 1.165) is 40.7 Å². The van der Waals surface area contributed by atoms with E-state index in [0.29, 0.717) is 16.3 Å². The molecule has 9 heteroatoms. The Morgan fingerprint density at radius 1 is 1.09 bits per heavy atom. The van der Waals surface area contributed by atoms with Gasteiger partial charge >= 0.3 is 0 Å². The quantitative estimate of drug-likeness (QED) is 0.438. The number of benzene rings is 1. The van der Waals surface area contributed by atoms with E-state index >= 15 is 0 Å². The van der Waals surface area contributed by atoms with Crippen LogP contribution in [-0.4, -0.2) is 21.4 Å². The summed E-state index contributed by atoms with van der Waals surface area (Å²) in [5.41, 5.74) is 6.77. The fraction of sp³-hybridized carbons (Fsp3) is 0.261. The number of aromatic nitrogens is 1. The van der Waals surface area contributed by atoms with E-state index in [-0.39, 0.29) is 16.8 Å². The summed E-state index contributed by atoms with van der Waals surface area (Å²) in [6.07, 6.45) is 3.61. The first-order valence-electron chi connectivity index (χ1n) is 10.2. The monoisotopic (exact) mass is 450 g/mol. The van der Waals surface area contributed by atoms with Crippen LogP contribution in [-0.2, 0) is 12.8 Å². The van der Waals surface area contributed by atoms with Crippen LogP contribution >= 0.6 is 11.3 Å². The number of primary amides is 1. The summed E-state index contributed by atoms with van der Waals surface area (Å²) in [6, 6.07) is 8.48. The zero-order chi connectivity index (χ0) is 23.0. The van der Waals surface area contributed by atoms with Crippen molar-refractivity contribution in [2.24, 2.45) is 16.0 Å². The highest BCUT2D eigenvalue weighted by molar-refractivity contribution is 7.16. The van der Waals surface area contributed by atoms with Crippen LogP contribution in [0, 0.1) is 6.92 Å². The van der Waals surface area contributed by atoms with Crippen molar-refractivity contribution in [3.05, 3.63) is 67.8 Å². The predicted octanol–water partition coefficient (Wildman–Crippen LogP) is 4.51. The van der Waals surface area contributed by atoms with Crippen LogP contribution in [0.4, 0.5) is 10.7 Å². The van der Waals surface area contributed by atoms with Crippen molar-refractivity contribution in [3.63, 3.8) is 0 Å². The van der Waals surface area contributed by atoms with Gasteiger partial charge in [0.1, 0.15) is 0 Å². The van der Waals surface area contributed by atoms with Crippen LogP contribution in [0.1, 0.15) is 56.5 Å². The van der Waals surface area contributed by atoms with Crippen LogP contribution in [0.3, 0.4) is 0 Å². The fourth-order valence-electron chi connectivity index (χ4n) is 4.09. The molecule has 1 aromatic carbocycles. The number of pyridine rings is 1. The number of carbonyl (C=O) groups is 2. The van der Waals surface area contributed by atoms with Gasteiger partial charge in [-0.05, 0) is 62.8 Å². The number of ketones is 1. The molecule has 0 fully saturated rings. The average molecular weight is 451 g/mol. The second kappa shape index (κ2) is 8.51. The van der Waals surface area contributed by atoms with E-state index in [4.69, 9.17) is 5.73 Å². The first-order chi connectivity index (χ1) is 15.3. The maximum absolute atomic E-state index is 13.3. The fourth-order valence-corrected chi connectivity index (χ4v) is 5.30. The summed E-state index contributed by atoms with van der Waals surface area (Å²) in [6.45, 7) is 2.84. The number of Topliss-reactive ketones (excluding diaryl/α,β-unsaturated/α-hetero) is 1. The highest BCUT2D eigenvalue weighted by Gasteiger charge is 2.26. The van der Waals surface area contributed by atoms with Crippen molar-refractivity contribution in [2.75, 3.05) is 0 Å². The van der Waals surface area contributed by atoms with Crippen molar-refractivity contribution in [3.8, 4) is 11.6 Å². The molecular formula is C23H22N4O4S. The van der Waals surface area contributed by atoms with Gasteiger partial charge in [0.15, 0.2) is 16.5 Å². The van der Waals surface area contributed by atoms with Crippen molar-refractivity contribution in [1.82, 2.24) is 4.57 Å². The Bertz CT molecular complexity index is 1320. The van der Waals surface area contributed by atoms with Gasteiger partial charge in [0.2, 0.25) is 5.88 Å². The van der Waals surface area contributed by atoms with Crippen LogP contribution in [0.2, 0.25) is 0 Å². The van der Waals surface area contributed by atoms with Crippen molar-refractivity contribution >= 4 is 33.7 Å². The standard InChI is InChI=1S/C23H22N4O4S/c1-12-17(13(2)28)22(30)27(14-8-4-3-5-9-14)23(31)19(12)25-26-21-18(20(24)29)15-10-6-7-11-16(15)32-21/h3-5,8-9,30H,6-7,10-11H2,1-2H3,(H2,24,29). The van der Waals surface area contributed by atoms with Gasteiger partial charge in [0.05, 0.1) is 16.8 Å². The van der Waals surface area contributed by atoms with Gasteiger partial charge in [-0.3, -0.25) is 14.4 Å². The molecule has 0 aliphatic heterocycles. The molecule has 3 N–H and O–H groups in total. The largest absolute Gasteiger partial charge is 0.494 e. The van der Waals surface area contributed by atoms with Crippen LogP contribution in [0.5, 0.6) is 5.88 Å². The van der Waals surface area contributed by atoms with Gasteiger partial charge in [-0.1, -0.05) is 18.2 Å².